The molecule has 2 aromatic rings. The number of benzene rings is 2. The van der Waals surface area contributed by atoms with Crippen molar-refractivity contribution in [2.24, 2.45) is 0 Å². The van der Waals surface area contributed by atoms with Gasteiger partial charge in [-0.1, -0.05) is 18.2 Å². The van der Waals surface area contributed by atoms with Gasteiger partial charge >= 0.3 is 6.03 Å². The molecule has 2 rings (SSSR count). The Morgan fingerprint density at radius 3 is 2.15 bits per heavy atom. The number of carbonyl (C=O) groups excluding carboxylic acids is 1. The van der Waals surface area contributed by atoms with Gasteiger partial charge in [0.25, 0.3) is 0 Å². The number of ether oxygens (including phenoxy) is 2. The average Bonchev–Trinajstić information content (AvgIpc) is 2.62. The van der Waals surface area contributed by atoms with E-state index >= 15 is 0 Å². The van der Waals surface area contributed by atoms with Crippen LogP contribution in [0.15, 0.2) is 42.5 Å². The summed E-state index contributed by atoms with van der Waals surface area (Å²) in [5.41, 5.74) is 3.03. The lowest BCUT2D eigenvalue weighted by Crippen LogP contribution is -2.34. The van der Waals surface area contributed by atoms with Gasteiger partial charge in [0.05, 0.1) is 14.2 Å². The Morgan fingerprint density at radius 2 is 1.54 bits per heavy atom. The predicted molar refractivity (Wildman–Crippen MR) is 104 cm³/mol. The van der Waals surface area contributed by atoms with E-state index in [1.54, 1.807) is 14.2 Å². The van der Waals surface area contributed by atoms with E-state index in [-0.39, 0.29) is 12.1 Å². The van der Waals surface area contributed by atoms with Crippen LogP contribution in [-0.4, -0.2) is 26.3 Å². The molecule has 0 aliphatic heterocycles. The molecule has 3 N–H and O–H groups in total. The first-order chi connectivity index (χ1) is 12.5. The van der Waals surface area contributed by atoms with Gasteiger partial charge in [-0.3, -0.25) is 0 Å². The first-order valence-corrected chi connectivity index (χ1v) is 8.60. The van der Waals surface area contributed by atoms with Crippen LogP contribution in [0.25, 0.3) is 0 Å². The van der Waals surface area contributed by atoms with Crippen LogP contribution in [0.4, 0.5) is 10.5 Å². The number of urea groups is 1. The van der Waals surface area contributed by atoms with Crippen molar-refractivity contribution >= 4 is 11.7 Å². The molecule has 0 fully saturated rings. The summed E-state index contributed by atoms with van der Waals surface area (Å²) < 4.78 is 10.6. The summed E-state index contributed by atoms with van der Waals surface area (Å²) in [6, 6.07) is 13.6. The highest BCUT2D eigenvalue weighted by molar-refractivity contribution is 5.89. The number of amides is 2. The lowest BCUT2D eigenvalue weighted by molar-refractivity contribution is 0.250. The monoisotopic (exact) mass is 357 g/mol. The molecule has 0 unspecified atom stereocenters. The van der Waals surface area contributed by atoms with E-state index in [0.29, 0.717) is 0 Å². The molecular formula is C20H27N3O3. The van der Waals surface area contributed by atoms with E-state index in [1.165, 1.54) is 0 Å². The van der Waals surface area contributed by atoms with Gasteiger partial charge in [-0.25, -0.2) is 4.79 Å². The number of hydrogen-bond donors (Lipinski definition) is 3. The Kier molecular flexibility index (Phi) is 7.29. The number of carbonyl (C=O) groups is 1. The molecule has 0 aliphatic rings. The molecule has 26 heavy (non-hydrogen) atoms. The Morgan fingerprint density at radius 1 is 0.923 bits per heavy atom. The van der Waals surface area contributed by atoms with Crippen LogP contribution in [0.3, 0.4) is 0 Å². The molecule has 2 amide bonds. The van der Waals surface area contributed by atoms with Crippen LogP contribution in [0.1, 0.15) is 25.0 Å². The zero-order chi connectivity index (χ0) is 18.9. The summed E-state index contributed by atoms with van der Waals surface area (Å²) in [7, 11) is 3.26. The van der Waals surface area contributed by atoms with Crippen molar-refractivity contribution in [1.82, 2.24) is 10.6 Å². The number of methoxy groups -OCH3 is 2. The van der Waals surface area contributed by atoms with E-state index in [4.69, 9.17) is 9.47 Å². The second-order valence-electron chi connectivity index (χ2n) is 6.24. The van der Waals surface area contributed by atoms with Crippen LogP contribution in [-0.2, 0) is 13.1 Å². The highest BCUT2D eigenvalue weighted by atomic mass is 16.5. The lowest BCUT2D eigenvalue weighted by Gasteiger charge is -2.11. The first kappa shape index (κ1) is 19.6. The quantitative estimate of drug-likeness (QED) is 0.676. The van der Waals surface area contributed by atoms with Crippen LogP contribution in [0, 0.1) is 0 Å². The predicted octanol–water partition coefficient (Wildman–Crippen LogP) is 3.52. The summed E-state index contributed by atoms with van der Waals surface area (Å²) >= 11 is 0. The minimum Gasteiger partial charge on any atom is -0.493 e. The molecule has 0 bridgehead atoms. The average molecular weight is 357 g/mol. The van der Waals surface area contributed by atoms with Gasteiger partial charge < -0.3 is 25.4 Å². The molecule has 0 saturated carbocycles. The molecule has 0 aromatic heterocycles. The van der Waals surface area contributed by atoms with Crippen molar-refractivity contribution < 1.29 is 14.3 Å². The van der Waals surface area contributed by atoms with E-state index in [0.717, 1.165) is 41.4 Å². The number of hydrogen-bond acceptors (Lipinski definition) is 4. The molecule has 0 heterocycles. The van der Waals surface area contributed by atoms with Crippen molar-refractivity contribution in [3.05, 3.63) is 53.6 Å². The van der Waals surface area contributed by atoms with Crippen molar-refractivity contribution in [3.8, 4) is 11.5 Å². The molecule has 140 valence electrons. The van der Waals surface area contributed by atoms with Crippen molar-refractivity contribution in [1.29, 1.82) is 0 Å². The second kappa shape index (κ2) is 9.68. The van der Waals surface area contributed by atoms with Crippen molar-refractivity contribution in [2.75, 3.05) is 19.5 Å². The molecule has 0 radical (unpaired) electrons. The fourth-order valence-corrected chi connectivity index (χ4v) is 2.48. The topological polar surface area (TPSA) is 71.6 Å². The Labute approximate surface area is 154 Å². The lowest BCUT2D eigenvalue weighted by atomic mass is 10.1. The van der Waals surface area contributed by atoms with Crippen molar-refractivity contribution in [3.63, 3.8) is 0 Å². The van der Waals surface area contributed by atoms with E-state index in [9.17, 15) is 4.79 Å². The standard InChI is InChI=1S/C20H27N3O3/c1-14(2)22-20(24)23-17-8-5-15(6-9-17)12-21-13-16-7-10-18(25-3)19(11-16)26-4/h5-11,14,21H,12-13H2,1-4H3,(H2,22,23,24). The van der Waals surface area contributed by atoms with E-state index < -0.39 is 0 Å². The van der Waals surface area contributed by atoms with Gasteiger partial charge in [0.1, 0.15) is 0 Å². The highest BCUT2D eigenvalue weighted by Gasteiger charge is 2.05. The Hall–Kier alpha value is -2.73. The van der Waals surface area contributed by atoms with Gasteiger partial charge in [-0.2, -0.15) is 0 Å². The summed E-state index contributed by atoms with van der Waals surface area (Å²) in [6.45, 7) is 5.30. The normalized spacial score (nSPS) is 10.5. The number of rotatable bonds is 8. The van der Waals surface area contributed by atoms with Crippen LogP contribution in [0.2, 0.25) is 0 Å². The van der Waals surface area contributed by atoms with Gasteiger partial charge in [0, 0.05) is 24.8 Å². The molecular weight excluding hydrogens is 330 g/mol. The summed E-state index contributed by atoms with van der Waals surface area (Å²) in [4.78, 5) is 11.7. The number of anilines is 1. The molecule has 6 heteroatoms. The molecule has 0 atom stereocenters. The minimum absolute atomic E-state index is 0.107. The van der Waals surface area contributed by atoms with Gasteiger partial charge in [0.15, 0.2) is 11.5 Å². The molecule has 0 aliphatic carbocycles. The maximum Gasteiger partial charge on any atom is 0.319 e. The zero-order valence-corrected chi connectivity index (χ0v) is 15.8. The molecule has 0 saturated heterocycles. The van der Waals surface area contributed by atoms with Crippen molar-refractivity contribution in [2.45, 2.75) is 33.0 Å². The Bertz CT molecular complexity index is 715. The van der Waals surface area contributed by atoms with Gasteiger partial charge in [-0.05, 0) is 49.2 Å². The molecule has 6 nitrogen and oxygen atoms in total. The molecule has 2 aromatic carbocycles. The fraction of sp³-hybridized carbons (Fsp3) is 0.350. The smallest absolute Gasteiger partial charge is 0.319 e. The van der Waals surface area contributed by atoms with Gasteiger partial charge in [0.2, 0.25) is 0 Å². The van der Waals surface area contributed by atoms with Crippen LogP contribution in [0.5, 0.6) is 11.5 Å². The maximum absolute atomic E-state index is 11.7. The number of nitrogens with one attached hydrogen (secondary N) is 3. The van der Waals surface area contributed by atoms with Gasteiger partial charge in [-0.15, -0.1) is 0 Å². The van der Waals surface area contributed by atoms with Crippen LogP contribution < -0.4 is 25.4 Å². The summed E-state index contributed by atoms with van der Waals surface area (Å²) in [5, 5.41) is 9.00. The summed E-state index contributed by atoms with van der Waals surface area (Å²) in [6.07, 6.45) is 0. The zero-order valence-electron chi connectivity index (χ0n) is 15.8. The third-order valence-corrected chi connectivity index (χ3v) is 3.74. The summed E-state index contributed by atoms with van der Waals surface area (Å²) in [5.74, 6) is 1.45. The van der Waals surface area contributed by atoms with E-state index in [2.05, 4.69) is 16.0 Å². The minimum atomic E-state index is -0.195. The Balaban J connectivity index is 1.83. The SMILES string of the molecule is COc1ccc(CNCc2ccc(NC(=O)NC(C)C)cc2)cc1OC. The first-order valence-electron chi connectivity index (χ1n) is 8.60. The fourth-order valence-electron chi connectivity index (χ4n) is 2.48. The maximum atomic E-state index is 11.7. The third kappa shape index (κ3) is 5.97. The largest absolute Gasteiger partial charge is 0.493 e. The van der Waals surface area contributed by atoms with E-state index in [1.807, 2.05) is 56.3 Å². The van der Waals surface area contributed by atoms with Crippen LogP contribution >= 0.6 is 0 Å². The second-order valence-corrected chi connectivity index (χ2v) is 6.24. The third-order valence-electron chi connectivity index (χ3n) is 3.74. The molecule has 0 spiro atoms. The highest BCUT2D eigenvalue weighted by Crippen LogP contribution is 2.27.